The van der Waals surface area contributed by atoms with Gasteiger partial charge < -0.3 is 28.7 Å². The van der Waals surface area contributed by atoms with Crippen LogP contribution < -0.4 is 39.9 Å². The van der Waals surface area contributed by atoms with Gasteiger partial charge in [-0.15, -0.1) is 0 Å². The summed E-state index contributed by atoms with van der Waals surface area (Å²) in [7, 11) is -1.71. The van der Waals surface area contributed by atoms with Crippen molar-refractivity contribution in [3.63, 3.8) is 0 Å². The van der Waals surface area contributed by atoms with Gasteiger partial charge in [-0.05, 0) is 67.1 Å². The lowest BCUT2D eigenvalue weighted by atomic mass is 10.0. The molecule has 0 amide bonds. The highest BCUT2D eigenvalue weighted by Gasteiger charge is 2.44. The summed E-state index contributed by atoms with van der Waals surface area (Å²) < 4.78 is 5.95. The maximum absolute atomic E-state index is 5.95. The summed E-state index contributed by atoms with van der Waals surface area (Å²) in [5, 5.41) is 4.43. The highest BCUT2D eigenvalue weighted by molar-refractivity contribution is 7.95. The topological polar surface area (TPSA) is 9.23 Å². The van der Waals surface area contributed by atoms with Crippen LogP contribution in [0, 0.1) is 5.92 Å². The van der Waals surface area contributed by atoms with Crippen molar-refractivity contribution in [1.82, 2.24) is 0 Å². The summed E-state index contributed by atoms with van der Waals surface area (Å²) in [4.78, 5) is 0. The lowest BCUT2D eigenvalue weighted by molar-refractivity contribution is -0.00000757. The molecule has 0 aliphatic carbocycles. The van der Waals surface area contributed by atoms with Gasteiger partial charge in [-0.3, -0.25) is 0 Å². The fourth-order valence-electron chi connectivity index (χ4n) is 4.75. The Kier molecular flexibility index (Phi) is 11.5. The normalized spacial score (nSPS) is 12.0. The zero-order valence-corrected chi connectivity index (χ0v) is 23.7. The summed E-state index contributed by atoms with van der Waals surface area (Å²) >= 11 is 0. The van der Waals surface area contributed by atoms with E-state index in [2.05, 4.69) is 128 Å². The number of halogens is 1. The molecule has 0 heterocycles. The Hall–Kier alpha value is -2.00. The summed E-state index contributed by atoms with van der Waals surface area (Å²) in [6.45, 7) is 3.91. The van der Waals surface area contributed by atoms with Crippen LogP contribution in [-0.4, -0.2) is 12.8 Å². The van der Waals surface area contributed by atoms with E-state index in [1.165, 1.54) is 40.5 Å². The van der Waals surface area contributed by atoms with Crippen LogP contribution >= 0.6 is 7.26 Å². The third kappa shape index (κ3) is 7.49. The Bertz CT molecular complexity index is 991. The molecule has 1 nitrogen and oxygen atoms in total. The molecular weight excluding hydrogens is 558 g/mol. The average molecular weight is 595 g/mol. The lowest BCUT2D eigenvalue weighted by Crippen LogP contribution is -3.00. The van der Waals surface area contributed by atoms with Crippen molar-refractivity contribution in [2.45, 2.75) is 32.8 Å². The van der Waals surface area contributed by atoms with E-state index in [4.69, 9.17) is 4.74 Å². The smallest absolute Gasteiger partial charge is 0.112 e. The third-order valence-corrected chi connectivity index (χ3v) is 11.2. The minimum atomic E-state index is -1.71. The SMILES string of the molecule is CC(CCC[P+](c1ccccc1)(c1ccccc1)c1ccccc1)CCOCc1ccccc1.[I-]. The molecule has 0 spiro atoms. The van der Waals surface area contributed by atoms with E-state index < -0.39 is 7.26 Å². The van der Waals surface area contributed by atoms with Crippen LogP contribution in [0.25, 0.3) is 0 Å². The van der Waals surface area contributed by atoms with E-state index in [0.29, 0.717) is 12.5 Å². The lowest BCUT2D eigenvalue weighted by Gasteiger charge is -2.28. The number of hydrogen-bond donors (Lipinski definition) is 0. The molecule has 0 bridgehead atoms. The maximum Gasteiger partial charge on any atom is 0.112 e. The molecule has 0 N–H and O–H groups in total. The Morgan fingerprint density at radius 1 is 0.600 bits per heavy atom. The highest BCUT2D eigenvalue weighted by atomic mass is 127. The molecule has 1 unspecified atom stereocenters. The van der Waals surface area contributed by atoms with Gasteiger partial charge in [0.1, 0.15) is 23.2 Å². The first-order chi connectivity index (χ1) is 16.8. The van der Waals surface area contributed by atoms with Crippen LogP contribution in [-0.2, 0) is 11.3 Å². The van der Waals surface area contributed by atoms with E-state index >= 15 is 0 Å². The average Bonchev–Trinajstić information content (AvgIpc) is 2.91. The predicted octanol–water partition coefficient (Wildman–Crippen LogP) is 4.01. The summed E-state index contributed by atoms with van der Waals surface area (Å²) in [5.74, 6) is 0.653. The molecule has 0 fully saturated rings. The molecule has 35 heavy (non-hydrogen) atoms. The predicted molar refractivity (Wildman–Crippen MR) is 149 cm³/mol. The summed E-state index contributed by atoms with van der Waals surface area (Å²) in [6, 6.07) is 44.1. The van der Waals surface area contributed by atoms with Gasteiger partial charge in [0.2, 0.25) is 0 Å². The van der Waals surface area contributed by atoms with Gasteiger partial charge in [0, 0.05) is 6.61 Å². The Labute approximate surface area is 229 Å². The van der Waals surface area contributed by atoms with Crippen LogP contribution in [0.3, 0.4) is 0 Å². The van der Waals surface area contributed by atoms with Crippen LogP contribution in [0.1, 0.15) is 31.7 Å². The molecule has 0 aliphatic rings. The molecule has 4 aromatic rings. The van der Waals surface area contributed by atoms with Crippen molar-refractivity contribution < 1.29 is 28.7 Å². The molecule has 0 saturated heterocycles. The third-order valence-electron chi connectivity index (χ3n) is 6.65. The molecule has 3 heteroatoms. The monoisotopic (exact) mass is 594 g/mol. The van der Waals surface area contributed by atoms with Crippen LogP contribution in [0.15, 0.2) is 121 Å². The van der Waals surface area contributed by atoms with Crippen molar-refractivity contribution in [2.75, 3.05) is 12.8 Å². The largest absolute Gasteiger partial charge is 1.00 e. The summed E-state index contributed by atoms with van der Waals surface area (Å²) in [5.41, 5.74) is 1.25. The van der Waals surface area contributed by atoms with Crippen molar-refractivity contribution >= 4 is 23.2 Å². The van der Waals surface area contributed by atoms with Gasteiger partial charge in [-0.1, -0.05) is 91.9 Å². The second-order valence-electron chi connectivity index (χ2n) is 9.11. The molecule has 0 aromatic heterocycles. The van der Waals surface area contributed by atoms with Crippen molar-refractivity contribution in [2.24, 2.45) is 5.92 Å². The van der Waals surface area contributed by atoms with E-state index in [1.54, 1.807) is 0 Å². The molecule has 0 aliphatic heterocycles. The van der Waals surface area contributed by atoms with E-state index in [0.717, 1.165) is 13.0 Å². The number of hydrogen-bond acceptors (Lipinski definition) is 1. The second-order valence-corrected chi connectivity index (χ2v) is 12.7. The van der Waals surface area contributed by atoms with Gasteiger partial charge >= 0.3 is 0 Å². The molecule has 182 valence electrons. The van der Waals surface area contributed by atoms with Crippen molar-refractivity contribution in [3.05, 3.63) is 127 Å². The minimum absolute atomic E-state index is 0. The van der Waals surface area contributed by atoms with Gasteiger partial charge in [-0.2, -0.15) is 0 Å². The van der Waals surface area contributed by atoms with Gasteiger partial charge in [0.05, 0.1) is 12.8 Å². The molecule has 4 rings (SSSR count). The molecule has 0 saturated carbocycles. The first-order valence-corrected chi connectivity index (χ1v) is 14.4. The van der Waals surface area contributed by atoms with Crippen molar-refractivity contribution in [1.29, 1.82) is 0 Å². The van der Waals surface area contributed by atoms with Crippen LogP contribution in [0.2, 0.25) is 0 Å². The Morgan fingerprint density at radius 2 is 1.03 bits per heavy atom. The standard InChI is InChI=1S/C32H36OP.HI/c1-28(24-25-33-27-29-16-6-2-7-17-29)15-14-26-34(30-18-8-3-9-19-30,31-20-10-4-11-21-31)32-22-12-5-13-23-32;/h2-13,16-23,28H,14-15,24-27H2,1H3;1H/q+1;/p-1. The van der Waals surface area contributed by atoms with Gasteiger partial charge in [-0.25, -0.2) is 0 Å². The first-order valence-electron chi connectivity index (χ1n) is 12.5. The fraction of sp³-hybridized carbons (Fsp3) is 0.250. The molecule has 4 aromatic carbocycles. The van der Waals surface area contributed by atoms with Crippen LogP contribution in [0.5, 0.6) is 0 Å². The zero-order valence-electron chi connectivity index (χ0n) is 20.6. The van der Waals surface area contributed by atoms with Gasteiger partial charge in [0.25, 0.3) is 0 Å². The van der Waals surface area contributed by atoms with Crippen LogP contribution in [0.4, 0.5) is 0 Å². The van der Waals surface area contributed by atoms with E-state index in [9.17, 15) is 0 Å². The molecular formula is C32H36IOP. The maximum atomic E-state index is 5.95. The van der Waals surface area contributed by atoms with E-state index in [-0.39, 0.29) is 24.0 Å². The van der Waals surface area contributed by atoms with Crippen molar-refractivity contribution in [3.8, 4) is 0 Å². The zero-order chi connectivity index (χ0) is 23.5. The minimum Gasteiger partial charge on any atom is -1.00 e. The quantitative estimate of drug-likeness (QED) is 0.137. The highest BCUT2D eigenvalue weighted by Crippen LogP contribution is 2.56. The van der Waals surface area contributed by atoms with E-state index in [1.807, 2.05) is 0 Å². The number of ether oxygens (including phenoxy) is 1. The molecule has 1 atom stereocenters. The molecule has 0 radical (unpaired) electrons. The Balaban J connectivity index is 0.00000342. The fourth-order valence-corrected chi connectivity index (χ4v) is 9.12. The number of rotatable bonds is 12. The van der Waals surface area contributed by atoms with Gasteiger partial charge in [0.15, 0.2) is 0 Å². The second kappa shape index (κ2) is 14.5. The number of benzene rings is 4. The Morgan fingerprint density at radius 3 is 1.49 bits per heavy atom. The summed E-state index contributed by atoms with van der Waals surface area (Å²) in [6.07, 6.45) is 4.75. The first kappa shape index (κ1) is 27.6.